The molecule has 2 rings (SSSR count). The van der Waals surface area contributed by atoms with Crippen molar-refractivity contribution in [2.75, 3.05) is 0 Å². The highest BCUT2D eigenvalue weighted by Gasteiger charge is 2.28. The van der Waals surface area contributed by atoms with Crippen molar-refractivity contribution in [3.05, 3.63) is 30.1 Å². The third kappa shape index (κ3) is 2.69. The first-order valence-corrected chi connectivity index (χ1v) is 6.21. The monoisotopic (exact) mass is 217 g/mol. The molecule has 0 aromatic carbocycles. The molecule has 1 saturated carbocycles. The molecule has 0 bridgehead atoms. The summed E-state index contributed by atoms with van der Waals surface area (Å²) < 4.78 is 0. The van der Waals surface area contributed by atoms with E-state index < -0.39 is 0 Å². The zero-order chi connectivity index (χ0) is 11.4. The van der Waals surface area contributed by atoms with Gasteiger partial charge in [0, 0.05) is 24.7 Å². The molecule has 0 N–H and O–H groups in total. The summed E-state index contributed by atoms with van der Waals surface area (Å²) in [7, 11) is 0. The van der Waals surface area contributed by atoms with Crippen LogP contribution in [0.5, 0.6) is 0 Å². The van der Waals surface area contributed by atoms with Crippen LogP contribution in [0.15, 0.2) is 24.5 Å². The van der Waals surface area contributed by atoms with Gasteiger partial charge in [0.05, 0.1) is 0 Å². The number of ketones is 1. The van der Waals surface area contributed by atoms with Crippen LogP contribution >= 0.6 is 0 Å². The lowest BCUT2D eigenvalue weighted by molar-refractivity contribution is -0.122. The molecule has 0 saturated heterocycles. The van der Waals surface area contributed by atoms with Gasteiger partial charge in [0.25, 0.3) is 0 Å². The Labute approximate surface area is 97.1 Å². The summed E-state index contributed by atoms with van der Waals surface area (Å²) in [4.78, 5) is 16.0. The van der Waals surface area contributed by atoms with Crippen LogP contribution in [0.3, 0.4) is 0 Å². The minimum Gasteiger partial charge on any atom is -0.299 e. The summed E-state index contributed by atoms with van der Waals surface area (Å²) in [5, 5.41) is 0. The van der Waals surface area contributed by atoms with E-state index in [2.05, 4.69) is 11.9 Å². The van der Waals surface area contributed by atoms with Gasteiger partial charge in [-0.05, 0) is 42.9 Å². The quantitative estimate of drug-likeness (QED) is 0.776. The van der Waals surface area contributed by atoms with Crippen LogP contribution in [-0.2, 0) is 11.2 Å². The Hall–Kier alpha value is -1.18. The van der Waals surface area contributed by atoms with Crippen LogP contribution in [0.1, 0.15) is 38.2 Å². The third-order valence-corrected chi connectivity index (χ3v) is 3.70. The second kappa shape index (κ2) is 5.24. The maximum Gasteiger partial charge on any atom is 0.140 e. The number of carbonyl (C=O) groups excluding carboxylic acids is 1. The molecule has 1 fully saturated rings. The molecule has 1 heterocycles. The second-order valence-electron chi connectivity index (χ2n) is 4.78. The average Bonchev–Trinajstić information content (AvgIpc) is 2.79. The highest BCUT2D eigenvalue weighted by Crippen LogP contribution is 2.33. The lowest BCUT2D eigenvalue weighted by atomic mass is 9.95. The number of Topliss-reactive ketones (excluding diaryl/α,β-unsaturated/α-hetero) is 1. The van der Waals surface area contributed by atoms with Crippen LogP contribution in [-0.4, -0.2) is 10.8 Å². The standard InChI is InChI=1S/C14H19NO/c1-2-11-3-4-13(9-11)14(16)10-12-5-7-15-8-6-12/h5-8,11,13H,2-4,9-10H2,1H3. The molecule has 1 aliphatic rings. The molecule has 86 valence electrons. The van der Waals surface area contributed by atoms with Gasteiger partial charge >= 0.3 is 0 Å². The van der Waals surface area contributed by atoms with Crippen molar-refractivity contribution in [3.8, 4) is 0 Å². The lowest BCUT2D eigenvalue weighted by Crippen LogP contribution is -2.14. The maximum atomic E-state index is 12.1. The van der Waals surface area contributed by atoms with E-state index in [-0.39, 0.29) is 0 Å². The highest BCUT2D eigenvalue weighted by molar-refractivity contribution is 5.83. The van der Waals surface area contributed by atoms with E-state index in [4.69, 9.17) is 0 Å². The molecule has 2 atom stereocenters. The molecule has 16 heavy (non-hydrogen) atoms. The number of aromatic nitrogens is 1. The Kier molecular flexibility index (Phi) is 3.70. The first-order valence-electron chi connectivity index (χ1n) is 6.21. The number of rotatable bonds is 4. The summed E-state index contributed by atoms with van der Waals surface area (Å²) in [5.41, 5.74) is 1.10. The number of nitrogens with zero attached hydrogens (tertiary/aromatic N) is 1. The van der Waals surface area contributed by atoms with Crippen LogP contribution in [0.4, 0.5) is 0 Å². The van der Waals surface area contributed by atoms with Crippen molar-refractivity contribution in [3.63, 3.8) is 0 Å². The first-order chi connectivity index (χ1) is 7.79. The Morgan fingerprint density at radius 3 is 2.75 bits per heavy atom. The SMILES string of the molecule is CCC1CCC(C(=O)Cc2ccncc2)C1. The molecular weight excluding hydrogens is 198 g/mol. The summed E-state index contributed by atoms with van der Waals surface area (Å²) in [6.07, 6.45) is 8.77. The number of carbonyl (C=O) groups is 1. The van der Waals surface area contributed by atoms with Gasteiger partial charge in [-0.3, -0.25) is 9.78 Å². The fourth-order valence-corrected chi connectivity index (χ4v) is 2.58. The van der Waals surface area contributed by atoms with Gasteiger partial charge in [-0.1, -0.05) is 13.3 Å². The minimum absolute atomic E-state index is 0.318. The largest absolute Gasteiger partial charge is 0.299 e. The lowest BCUT2D eigenvalue weighted by Gasteiger charge is -2.09. The fourth-order valence-electron chi connectivity index (χ4n) is 2.58. The van der Waals surface area contributed by atoms with Crippen molar-refractivity contribution in [2.24, 2.45) is 11.8 Å². The second-order valence-corrected chi connectivity index (χ2v) is 4.78. The van der Waals surface area contributed by atoms with Gasteiger partial charge in [-0.2, -0.15) is 0 Å². The van der Waals surface area contributed by atoms with Crippen molar-refractivity contribution in [1.82, 2.24) is 4.98 Å². The Bertz CT molecular complexity index is 347. The third-order valence-electron chi connectivity index (χ3n) is 3.70. The molecule has 0 radical (unpaired) electrons. The molecular formula is C14H19NO. The summed E-state index contributed by atoms with van der Waals surface area (Å²) in [6, 6.07) is 3.87. The van der Waals surface area contributed by atoms with Crippen LogP contribution in [0.2, 0.25) is 0 Å². The van der Waals surface area contributed by atoms with Crippen LogP contribution in [0.25, 0.3) is 0 Å². The summed E-state index contributed by atoms with van der Waals surface area (Å²) >= 11 is 0. The predicted molar refractivity (Wildman–Crippen MR) is 64.1 cm³/mol. The van der Waals surface area contributed by atoms with E-state index in [1.807, 2.05) is 12.1 Å². The zero-order valence-electron chi connectivity index (χ0n) is 9.86. The van der Waals surface area contributed by atoms with E-state index in [0.717, 1.165) is 24.3 Å². The normalized spacial score (nSPS) is 24.6. The Morgan fingerprint density at radius 2 is 2.12 bits per heavy atom. The van der Waals surface area contributed by atoms with E-state index in [0.29, 0.717) is 18.1 Å². The van der Waals surface area contributed by atoms with E-state index in [9.17, 15) is 4.79 Å². The van der Waals surface area contributed by atoms with Crippen molar-refractivity contribution >= 4 is 5.78 Å². The molecule has 0 amide bonds. The molecule has 1 aromatic rings. The molecule has 2 unspecified atom stereocenters. The molecule has 0 aliphatic heterocycles. The van der Waals surface area contributed by atoms with E-state index in [1.165, 1.54) is 12.8 Å². The average molecular weight is 217 g/mol. The number of hydrogen-bond acceptors (Lipinski definition) is 2. The van der Waals surface area contributed by atoms with Crippen molar-refractivity contribution in [1.29, 1.82) is 0 Å². The number of pyridine rings is 1. The topological polar surface area (TPSA) is 30.0 Å². The molecule has 2 heteroatoms. The Morgan fingerprint density at radius 1 is 1.38 bits per heavy atom. The van der Waals surface area contributed by atoms with Gasteiger partial charge in [-0.25, -0.2) is 0 Å². The fraction of sp³-hybridized carbons (Fsp3) is 0.571. The van der Waals surface area contributed by atoms with E-state index in [1.54, 1.807) is 12.4 Å². The molecule has 0 spiro atoms. The van der Waals surface area contributed by atoms with Crippen molar-refractivity contribution < 1.29 is 4.79 Å². The number of hydrogen-bond donors (Lipinski definition) is 0. The smallest absolute Gasteiger partial charge is 0.140 e. The van der Waals surface area contributed by atoms with Gasteiger partial charge in [-0.15, -0.1) is 0 Å². The van der Waals surface area contributed by atoms with Crippen LogP contribution in [0, 0.1) is 11.8 Å². The zero-order valence-corrected chi connectivity index (χ0v) is 9.86. The van der Waals surface area contributed by atoms with Crippen molar-refractivity contribution in [2.45, 2.75) is 39.0 Å². The highest BCUT2D eigenvalue weighted by atomic mass is 16.1. The predicted octanol–water partition coefficient (Wildman–Crippen LogP) is 3.02. The summed E-state index contributed by atoms with van der Waals surface area (Å²) in [6.45, 7) is 2.22. The van der Waals surface area contributed by atoms with Gasteiger partial charge in [0.15, 0.2) is 0 Å². The minimum atomic E-state index is 0.318. The summed E-state index contributed by atoms with van der Waals surface area (Å²) in [5.74, 6) is 1.52. The molecule has 1 aliphatic carbocycles. The van der Waals surface area contributed by atoms with Crippen LogP contribution < -0.4 is 0 Å². The molecule has 2 nitrogen and oxygen atoms in total. The molecule has 1 aromatic heterocycles. The van der Waals surface area contributed by atoms with Gasteiger partial charge < -0.3 is 0 Å². The van der Waals surface area contributed by atoms with Gasteiger partial charge in [0.1, 0.15) is 5.78 Å². The van der Waals surface area contributed by atoms with E-state index >= 15 is 0 Å². The maximum absolute atomic E-state index is 12.1. The first kappa shape index (κ1) is 11.3. The van der Waals surface area contributed by atoms with Gasteiger partial charge in [0.2, 0.25) is 0 Å². The Balaban J connectivity index is 1.90.